The molecular weight excluding hydrogens is 424 g/mol. The number of halogens is 1. The number of hydrazine groups is 1. The monoisotopic (exact) mass is 448 g/mol. The van der Waals surface area contributed by atoms with Gasteiger partial charge in [0.1, 0.15) is 11.5 Å². The Morgan fingerprint density at radius 2 is 1.54 bits per heavy atom. The summed E-state index contributed by atoms with van der Waals surface area (Å²) in [6.07, 6.45) is -0.770. The predicted octanol–water partition coefficient (Wildman–Crippen LogP) is 3.74. The molecule has 0 fully saturated rings. The first-order chi connectivity index (χ1) is 13.1. The number of hydrogen-bond donors (Lipinski definition) is 2. The van der Waals surface area contributed by atoms with Gasteiger partial charge < -0.3 is 9.47 Å². The van der Waals surface area contributed by atoms with Gasteiger partial charge in [0.05, 0.1) is 0 Å². The fraction of sp³-hybridized carbons (Fsp3) is 0.333. The van der Waals surface area contributed by atoms with Gasteiger partial charge in [-0.1, -0.05) is 48.8 Å². The topological polar surface area (TPSA) is 76.7 Å². The lowest BCUT2D eigenvalue weighted by atomic mass is 9.87. The smallest absolute Gasteiger partial charge is 0.279 e. The largest absolute Gasteiger partial charge is 0.484 e. The molecule has 2 amide bonds. The van der Waals surface area contributed by atoms with E-state index in [-0.39, 0.29) is 12.0 Å². The van der Waals surface area contributed by atoms with Crippen LogP contribution in [0.25, 0.3) is 0 Å². The molecule has 28 heavy (non-hydrogen) atoms. The van der Waals surface area contributed by atoms with Gasteiger partial charge in [0.2, 0.25) is 0 Å². The van der Waals surface area contributed by atoms with Crippen LogP contribution in [-0.4, -0.2) is 24.5 Å². The molecule has 150 valence electrons. The Hall–Kier alpha value is -2.54. The molecule has 0 aliphatic carbocycles. The molecule has 0 saturated heterocycles. The lowest BCUT2D eigenvalue weighted by Crippen LogP contribution is -2.48. The van der Waals surface area contributed by atoms with Gasteiger partial charge in [-0.3, -0.25) is 20.4 Å². The Morgan fingerprint density at radius 3 is 2.11 bits per heavy atom. The Kier molecular flexibility index (Phi) is 7.45. The van der Waals surface area contributed by atoms with E-state index < -0.39 is 17.9 Å². The van der Waals surface area contributed by atoms with Crippen LogP contribution in [0.2, 0.25) is 0 Å². The van der Waals surface area contributed by atoms with Crippen molar-refractivity contribution in [3.05, 3.63) is 58.6 Å². The van der Waals surface area contributed by atoms with Gasteiger partial charge >= 0.3 is 0 Å². The number of rotatable bonds is 6. The van der Waals surface area contributed by atoms with Crippen molar-refractivity contribution >= 4 is 27.7 Å². The molecule has 2 rings (SSSR count). The number of ether oxygens (including phenoxy) is 2. The van der Waals surface area contributed by atoms with Crippen molar-refractivity contribution in [2.75, 3.05) is 6.61 Å². The van der Waals surface area contributed by atoms with Crippen molar-refractivity contribution in [1.82, 2.24) is 10.9 Å². The van der Waals surface area contributed by atoms with Crippen molar-refractivity contribution in [1.29, 1.82) is 0 Å². The van der Waals surface area contributed by atoms with Gasteiger partial charge in [-0.05, 0) is 54.3 Å². The van der Waals surface area contributed by atoms with Crippen molar-refractivity contribution in [3.8, 4) is 11.5 Å². The third-order valence-electron chi connectivity index (χ3n) is 3.91. The molecule has 0 bridgehead atoms. The molecule has 2 aromatic carbocycles. The average Bonchev–Trinajstić information content (AvgIpc) is 2.65. The van der Waals surface area contributed by atoms with Crippen LogP contribution < -0.4 is 20.3 Å². The molecule has 7 heteroatoms. The van der Waals surface area contributed by atoms with Crippen LogP contribution in [0.5, 0.6) is 11.5 Å². The minimum absolute atomic E-state index is 0.0458. The standard InChI is InChI=1S/C21H25BrN2O4/c1-14(28-18-9-5-15(6-10-18)21(2,3)4)20(26)24-23-19(25)13-27-17-11-7-16(22)8-12-17/h5-12,14H,13H2,1-4H3,(H,23,25)(H,24,26). The lowest BCUT2D eigenvalue weighted by Gasteiger charge is -2.20. The van der Waals surface area contributed by atoms with E-state index in [1.165, 1.54) is 5.56 Å². The number of carbonyl (C=O) groups is 2. The van der Waals surface area contributed by atoms with E-state index in [4.69, 9.17) is 9.47 Å². The zero-order valence-electron chi connectivity index (χ0n) is 16.4. The minimum Gasteiger partial charge on any atom is -0.484 e. The molecule has 6 nitrogen and oxygen atoms in total. The summed E-state index contributed by atoms with van der Waals surface area (Å²) in [4.78, 5) is 23.9. The highest BCUT2D eigenvalue weighted by Crippen LogP contribution is 2.24. The second-order valence-electron chi connectivity index (χ2n) is 7.31. The zero-order valence-corrected chi connectivity index (χ0v) is 18.0. The summed E-state index contributed by atoms with van der Waals surface area (Å²) in [5.74, 6) is 0.204. The van der Waals surface area contributed by atoms with Crippen LogP contribution in [0.4, 0.5) is 0 Å². The van der Waals surface area contributed by atoms with Crippen LogP contribution in [0.1, 0.15) is 33.3 Å². The van der Waals surface area contributed by atoms with Gasteiger partial charge in [0.25, 0.3) is 11.8 Å². The quantitative estimate of drug-likeness (QED) is 0.659. The molecule has 0 spiro atoms. The fourth-order valence-electron chi connectivity index (χ4n) is 2.24. The highest BCUT2D eigenvalue weighted by molar-refractivity contribution is 9.10. The Labute approximate surface area is 173 Å². The molecule has 0 aromatic heterocycles. The number of hydrogen-bond acceptors (Lipinski definition) is 4. The normalized spacial score (nSPS) is 12.0. The van der Waals surface area contributed by atoms with E-state index in [0.29, 0.717) is 11.5 Å². The summed E-state index contributed by atoms with van der Waals surface area (Å²) in [6.45, 7) is 7.77. The number of benzene rings is 2. The summed E-state index contributed by atoms with van der Waals surface area (Å²) < 4.78 is 11.9. The van der Waals surface area contributed by atoms with Crippen LogP contribution in [0.3, 0.4) is 0 Å². The van der Waals surface area contributed by atoms with Crippen molar-refractivity contribution in [2.24, 2.45) is 0 Å². The first-order valence-corrected chi connectivity index (χ1v) is 9.69. The van der Waals surface area contributed by atoms with E-state index in [1.54, 1.807) is 19.1 Å². The first-order valence-electron chi connectivity index (χ1n) is 8.89. The highest BCUT2D eigenvalue weighted by atomic mass is 79.9. The minimum atomic E-state index is -0.770. The molecule has 1 unspecified atom stereocenters. The Morgan fingerprint density at radius 1 is 0.964 bits per heavy atom. The maximum atomic E-state index is 12.1. The van der Waals surface area contributed by atoms with Crippen LogP contribution in [-0.2, 0) is 15.0 Å². The molecule has 2 N–H and O–H groups in total. The SMILES string of the molecule is CC(Oc1ccc(C(C)(C)C)cc1)C(=O)NNC(=O)COc1ccc(Br)cc1. The molecule has 0 aliphatic heterocycles. The van der Waals surface area contributed by atoms with Gasteiger partial charge in [0, 0.05) is 4.47 Å². The number of amides is 2. The average molecular weight is 449 g/mol. The Bertz CT molecular complexity index is 799. The van der Waals surface area contributed by atoms with E-state index in [1.807, 2.05) is 36.4 Å². The Balaban J connectivity index is 1.75. The molecule has 2 aromatic rings. The summed E-state index contributed by atoms with van der Waals surface area (Å²) in [5, 5.41) is 0. The number of nitrogens with one attached hydrogen (secondary N) is 2. The van der Waals surface area contributed by atoms with Crippen molar-refractivity contribution in [3.63, 3.8) is 0 Å². The second kappa shape index (κ2) is 9.59. The van der Waals surface area contributed by atoms with Gasteiger partial charge in [-0.2, -0.15) is 0 Å². The molecule has 0 aliphatic rings. The van der Waals surface area contributed by atoms with E-state index >= 15 is 0 Å². The van der Waals surface area contributed by atoms with Crippen molar-refractivity contribution in [2.45, 2.75) is 39.2 Å². The van der Waals surface area contributed by atoms with Gasteiger partial charge in [-0.25, -0.2) is 0 Å². The maximum Gasteiger partial charge on any atom is 0.279 e. The van der Waals surface area contributed by atoms with Gasteiger partial charge in [-0.15, -0.1) is 0 Å². The first kappa shape index (κ1) is 21.8. The third-order valence-corrected chi connectivity index (χ3v) is 4.44. The summed E-state index contributed by atoms with van der Waals surface area (Å²) in [7, 11) is 0. The molecular formula is C21H25BrN2O4. The zero-order chi connectivity index (χ0) is 20.7. The third kappa shape index (κ3) is 6.88. The second-order valence-corrected chi connectivity index (χ2v) is 8.23. The molecule has 0 saturated carbocycles. The van der Waals surface area contributed by atoms with E-state index in [2.05, 4.69) is 47.6 Å². The lowest BCUT2D eigenvalue weighted by molar-refractivity contribution is -0.133. The van der Waals surface area contributed by atoms with E-state index in [0.717, 1.165) is 4.47 Å². The van der Waals surface area contributed by atoms with Crippen LogP contribution >= 0.6 is 15.9 Å². The molecule has 0 heterocycles. The number of carbonyl (C=O) groups excluding carboxylic acids is 2. The summed E-state index contributed by atoms with van der Waals surface area (Å²) >= 11 is 3.32. The summed E-state index contributed by atoms with van der Waals surface area (Å²) in [6, 6.07) is 14.7. The van der Waals surface area contributed by atoms with Crippen LogP contribution in [0, 0.1) is 0 Å². The van der Waals surface area contributed by atoms with Crippen LogP contribution in [0.15, 0.2) is 53.0 Å². The van der Waals surface area contributed by atoms with Crippen molar-refractivity contribution < 1.29 is 19.1 Å². The van der Waals surface area contributed by atoms with Gasteiger partial charge in [0.15, 0.2) is 12.7 Å². The molecule has 0 radical (unpaired) electrons. The summed E-state index contributed by atoms with van der Waals surface area (Å²) in [5.41, 5.74) is 5.86. The fourth-order valence-corrected chi connectivity index (χ4v) is 2.50. The predicted molar refractivity (Wildman–Crippen MR) is 111 cm³/mol. The molecule has 1 atom stereocenters. The maximum absolute atomic E-state index is 12.1. The highest BCUT2D eigenvalue weighted by Gasteiger charge is 2.17. The van der Waals surface area contributed by atoms with E-state index in [9.17, 15) is 9.59 Å².